The maximum atomic E-state index is 13.6. The minimum atomic E-state index is -0.304. The Bertz CT molecular complexity index is 406. The minimum absolute atomic E-state index is 0.0641. The summed E-state index contributed by atoms with van der Waals surface area (Å²) in [4.78, 5) is 2.19. The number of hydrogen-bond donors (Lipinski definition) is 1. The van der Waals surface area contributed by atoms with Crippen molar-refractivity contribution in [2.75, 3.05) is 31.6 Å². The lowest BCUT2D eigenvalue weighted by molar-refractivity contribution is 0.352. The Hall–Kier alpha value is -1.29. The fraction of sp³-hybridized carbons (Fsp3) is 0.538. The van der Waals surface area contributed by atoms with Crippen LogP contribution in [0, 0.1) is 5.82 Å². The van der Waals surface area contributed by atoms with Crippen LogP contribution in [0.25, 0.3) is 0 Å². The first-order valence-electron chi connectivity index (χ1n) is 5.85. The van der Waals surface area contributed by atoms with E-state index in [0.717, 1.165) is 25.3 Å². The van der Waals surface area contributed by atoms with Gasteiger partial charge in [0, 0.05) is 36.9 Å². The van der Waals surface area contributed by atoms with Crippen molar-refractivity contribution in [3.05, 3.63) is 24.0 Å². The van der Waals surface area contributed by atoms with E-state index in [4.69, 9.17) is 4.74 Å². The summed E-state index contributed by atoms with van der Waals surface area (Å²) in [6.45, 7) is 6.99. The maximum absolute atomic E-state index is 13.6. The van der Waals surface area contributed by atoms with Crippen molar-refractivity contribution in [3.63, 3.8) is 0 Å². The molecule has 2 rings (SSSR count). The summed E-state index contributed by atoms with van der Waals surface area (Å²) in [6, 6.07) is 5.13. The lowest BCUT2D eigenvalue weighted by Crippen LogP contribution is -2.57. The number of piperazine rings is 1. The first-order valence-corrected chi connectivity index (χ1v) is 5.85. The molecule has 1 N–H and O–H groups in total. The molecular formula is C13H19FN2O. The largest absolute Gasteiger partial charge is 0.494 e. The predicted octanol–water partition coefficient (Wildman–Crippen LogP) is 2.02. The molecule has 0 atom stereocenters. The van der Waals surface area contributed by atoms with Crippen molar-refractivity contribution in [2.45, 2.75) is 19.4 Å². The van der Waals surface area contributed by atoms with Gasteiger partial charge in [-0.25, -0.2) is 4.39 Å². The van der Waals surface area contributed by atoms with Crippen LogP contribution in [0.2, 0.25) is 0 Å². The highest BCUT2D eigenvalue weighted by molar-refractivity contribution is 5.50. The monoisotopic (exact) mass is 238 g/mol. The van der Waals surface area contributed by atoms with Gasteiger partial charge >= 0.3 is 0 Å². The minimum Gasteiger partial charge on any atom is -0.494 e. The molecule has 4 heteroatoms. The van der Waals surface area contributed by atoms with Crippen LogP contribution < -0.4 is 15.0 Å². The quantitative estimate of drug-likeness (QED) is 0.853. The van der Waals surface area contributed by atoms with E-state index in [9.17, 15) is 4.39 Å². The van der Waals surface area contributed by atoms with Gasteiger partial charge in [-0.2, -0.15) is 0 Å². The topological polar surface area (TPSA) is 24.5 Å². The van der Waals surface area contributed by atoms with Crippen molar-refractivity contribution in [1.29, 1.82) is 0 Å². The molecule has 94 valence electrons. The molecule has 1 aromatic carbocycles. The molecule has 1 aromatic rings. The van der Waals surface area contributed by atoms with Crippen LogP contribution in [0.15, 0.2) is 18.2 Å². The van der Waals surface area contributed by atoms with Crippen LogP contribution in [-0.4, -0.2) is 32.3 Å². The lowest BCUT2D eigenvalue weighted by Gasteiger charge is -2.40. The summed E-state index contributed by atoms with van der Waals surface area (Å²) in [7, 11) is 1.48. The number of nitrogens with one attached hydrogen (secondary N) is 1. The molecule has 1 aliphatic heterocycles. The van der Waals surface area contributed by atoms with Crippen molar-refractivity contribution < 1.29 is 9.13 Å². The van der Waals surface area contributed by atoms with E-state index < -0.39 is 0 Å². The molecule has 0 amide bonds. The first-order chi connectivity index (χ1) is 8.02. The Morgan fingerprint density at radius 2 is 2.18 bits per heavy atom. The third-order valence-electron chi connectivity index (χ3n) is 3.07. The summed E-state index contributed by atoms with van der Waals surface area (Å²) < 4.78 is 18.6. The first kappa shape index (κ1) is 12.2. The predicted molar refractivity (Wildman–Crippen MR) is 67.2 cm³/mol. The van der Waals surface area contributed by atoms with Gasteiger partial charge in [-0.1, -0.05) is 0 Å². The molecule has 1 fully saturated rings. The molecular weight excluding hydrogens is 219 g/mol. The Labute approximate surface area is 102 Å². The van der Waals surface area contributed by atoms with Crippen molar-refractivity contribution in [2.24, 2.45) is 0 Å². The van der Waals surface area contributed by atoms with Crippen molar-refractivity contribution >= 4 is 5.69 Å². The van der Waals surface area contributed by atoms with Gasteiger partial charge in [-0.3, -0.25) is 0 Å². The van der Waals surface area contributed by atoms with E-state index in [2.05, 4.69) is 24.1 Å². The highest BCUT2D eigenvalue weighted by atomic mass is 19.1. The maximum Gasteiger partial charge on any atom is 0.167 e. The summed E-state index contributed by atoms with van der Waals surface area (Å²) in [5.74, 6) is -0.00974. The number of ether oxygens (including phenoxy) is 1. The number of hydrogen-bond acceptors (Lipinski definition) is 3. The zero-order chi connectivity index (χ0) is 12.5. The zero-order valence-corrected chi connectivity index (χ0v) is 10.6. The molecule has 0 saturated carbocycles. The highest BCUT2D eigenvalue weighted by Gasteiger charge is 2.26. The molecule has 3 nitrogen and oxygen atoms in total. The van der Waals surface area contributed by atoms with Gasteiger partial charge in [0.25, 0.3) is 0 Å². The lowest BCUT2D eigenvalue weighted by atomic mass is 10.0. The van der Waals surface area contributed by atoms with Crippen LogP contribution in [0.4, 0.5) is 10.1 Å². The standard InChI is InChI=1S/C13H19FN2O/c1-13(2)9-16(7-6-15-13)10-4-5-12(17-3)11(14)8-10/h4-5,8,15H,6-7,9H2,1-3H3. The summed E-state index contributed by atoms with van der Waals surface area (Å²) in [6.07, 6.45) is 0. The molecule has 1 heterocycles. The van der Waals surface area contributed by atoms with Gasteiger partial charge in [0.2, 0.25) is 0 Å². The molecule has 0 radical (unpaired) electrons. The van der Waals surface area contributed by atoms with E-state index in [-0.39, 0.29) is 11.4 Å². The highest BCUT2D eigenvalue weighted by Crippen LogP contribution is 2.25. The van der Waals surface area contributed by atoms with E-state index >= 15 is 0 Å². The molecule has 0 unspecified atom stereocenters. The second-order valence-electron chi connectivity index (χ2n) is 5.05. The molecule has 17 heavy (non-hydrogen) atoms. The Morgan fingerprint density at radius 1 is 1.41 bits per heavy atom. The number of methoxy groups -OCH3 is 1. The summed E-state index contributed by atoms with van der Waals surface area (Å²) in [5.41, 5.74) is 0.979. The normalized spacial score (nSPS) is 19.2. The number of nitrogens with zero attached hydrogens (tertiary/aromatic N) is 1. The smallest absolute Gasteiger partial charge is 0.167 e. The van der Waals surface area contributed by atoms with Gasteiger partial charge in [0.05, 0.1) is 7.11 Å². The van der Waals surface area contributed by atoms with Gasteiger partial charge in [0.15, 0.2) is 11.6 Å². The number of rotatable bonds is 2. The van der Waals surface area contributed by atoms with Crippen molar-refractivity contribution in [3.8, 4) is 5.75 Å². The molecule has 0 spiro atoms. The molecule has 1 aliphatic rings. The van der Waals surface area contributed by atoms with E-state index in [1.165, 1.54) is 7.11 Å². The fourth-order valence-electron chi connectivity index (χ4n) is 2.21. The van der Waals surface area contributed by atoms with Crippen LogP contribution in [0.5, 0.6) is 5.75 Å². The van der Waals surface area contributed by atoms with E-state index in [1.807, 2.05) is 6.07 Å². The van der Waals surface area contributed by atoms with Crippen molar-refractivity contribution in [1.82, 2.24) is 5.32 Å². The van der Waals surface area contributed by atoms with Gasteiger partial charge in [0.1, 0.15) is 0 Å². The van der Waals surface area contributed by atoms with Crippen LogP contribution in [0.1, 0.15) is 13.8 Å². The molecule has 1 saturated heterocycles. The van der Waals surface area contributed by atoms with Crippen LogP contribution in [0.3, 0.4) is 0 Å². The number of anilines is 1. The third kappa shape index (κ3) is 2.69. The second kappa shape index (κ2) is 4.53. The van der Waals surface area contributed by atoms with Crippen LogP contribution >= 0.6 is 0 Å². The third-order valence-corrected chi connectivity index (χ3v) is 3.07. The van der Waals surface area contributed by atoms with Gasteiger partial charge in [-0.15, -0.1) is 0 Å². The summed E-state index contributed by atoms with van der Waals surface area (Å²) in [5, 5.41) is 3.44. The van der Waals surface area contributed by atoms with E-state index in [0.29, 0.717) is 5.75 Å². The average Bonchev–Trinajstić information content (AvgIpc) is 2.27. The Kier molecular flexibility index (Phi) is 3.24. The number of halogens is 1. The van der Waals surface area contributed by atoms with Gasteiger partial charge < -0.3 is 15.0 Å². The van der Waals surface area contributed by atoms with Gasteiger partial charge in [-0.05, 0) is 26.0 Å². The molecule has 0 aromatic heterocycles. The molecule has 0 bridgehead atoms. The SMILES string of the molecule is COc1ccc(N2CCNC(C)(C)C2)cc1F. The Morgan fingerprint density at radius 3 is 2.76 bits per heavy atom. The van der Waals surface area contributed by atoms with E-state index in [1.54, 1.807) is 12.1 Å². The zero-order valence-electron chi connectivity index (χ0n) is 10.6. The van der Waals surface area contributed by atoms with Crippen LogP contribution in [-0.2, 0) is 0 Å². The average molecular weight is 238 g/mol. The molecule has 0 aliphatic carbocycles. The Balaban J connectivity index is 2.19. The number of benzene rings is 1. The fourth-order valence-corrected chi connectivity index (χ4v) is 2.21. The second-order valence-corrected chi connectivity index (χ2v) is 5.05. The summed E-state index contributed by atoms with van der Waals surface area (Å²) >= 11 is 0.